The Morgan fingerprint density at radius 2 is 1.84 bits per heavy atom. The van der Waals surface area contributed by atoms with Crippen LogP contribution in [0.5, 0.6) is 0 Å². The number of aromatic nitrogens is 1. The first-order chi connectivity index (χ1) is 15.2. The average molecular weight is 449 g/mol. The topological polar surface area (TPSA) is 91.3 Å². The molecule has 0 aliphatic carbocycles. The number of fused-ring (bicyclic) bond motifs is 2. The first-order valence-electron chi connectivity index (χ1n) is 9.59. The Bertz CT molecular complexity index is 1150. The fourth-order valence-electron chi connectivity index (χ4n) is 3.27. The summed E-state index contributed by atoms with van der Waals surface area (Å²) in [6.07, 6.45) is -2.65. The molecule has 1 aliphatic heterocycles. The number of para-hydroxylation sites is 1. The highest BCUT2D eigenvalue weighted by Gasteiger charge is 2.38. The summed E-state index contributed by atoms with van der Waals surface area (Å²) >= 11 is 0. The second kappa shape index (κ2) is 9.73. The molecule has 0 atom stereocenters. The van der Waals surface area contributed by atoms with Gasteiger partial charge >= 0.3 is 12.1 Å². The van der Waals surface area contributed by atoms with Gasteiger partial charge in [-0.3, -0.25) is 9.78 Å². The van der Waals surface area contributed by atoms with E-state index in [1.54, 1.807) is 12.3 Å². The van der Waals surface area contributed by atoms with Crippen molar-refractivity contribution in [3.63, 3.8) is 0 Å². The number of pyridine rings is 1. The van der Waals surface area contributed by atoms with Crippen LogP contribution < -0.4 is 10.6 Å². The van der Waals surface area contributed by atoms with Gasteiger partial charge in [0.2, 0.25) is 0 Å². The van der Waals surface area contributed by atoms with Crippen molar-refractivity contribution >= 4 is 22.8 Å². The van der Waals surface area contributed by atoms with Gasteiger partial charge in [-0.25, -0.2) is 9.18 Å². The maximum atomic E-state index is 13.9. The van der Waals surface area contributed by atoms with Crippen LogP contribution in [-0.4, -0.2) is 34.7 Å². The zero-order valence-electron chi connectivity index (χ0n) is 16.7. The molecular formula is C22H19F4N3O3. The maximum absolute atomic E-state index is 13.9. The minimum absolute atomic E-state index is 0.175. The summed E-state index contributed by atoms with van der Waals surface area (Å²) in [7, 11) is 0. The number of nitrogens with zero attached hydrogens (tertiary/aromatic N) is 1. The monoisotopic (exact) mass is 449 g/mol. The molecule has 10 heteroatoms. The molecular weight excluding hydrogens is 430 g/mol. The molecule has 1 amide bonds. The standard InChI is InChI=1S/C20H18FN3O.C2HF3O2/c21-18-6-5-16(15-7-8-22-12-17(15)18)20(25)24-11-13-9-14-3-1-2-4-19(14)23-10-13;3-2(4,5)1(6)7/h1-6,9-10,22H,7-8,11-12H2,(H,24,25);(H,6,7). The molecule has 32 heavy (non-hydrogen) atoms. The van der Waals surface area contributed by atoms with E-state index in [9.17, 15) is 22.4 Å². The number of hydrogen-bond acceptors (Lipinski definition) is 4. The van der Waals surface area contributed by atoms with Gasteiger partial charge in [-0.2, -0.15) is 13.2 Å². The predicted octanol–water partition coefficient (Wildman–Crippen LogP) is 3.58. The Morgan fingerprint density at radius 3 is 2.56 bits per heavy atom. The van der Waals surface area contributed by atoms with Crippen LogP contribution in [0.25, 0.3) is 10.9 Å². The summed E-state index contributed by atoms with van der Waals surface area (Å²) in [6.45, 7) is 1.61. The molecule has 0 spiro atoms. The van der Waals surface area contributed by atoms with Gasteiger partial charge in [0, 0.05) is 35.8 Å². The van der Waals surface area contributed by atoms with Gasteiger partial charge in [0.1, 0.15) is 5.82 Å². The van der Waals surface area contributed by atoms with Gasteiger partial charge in [0.25, 0.3) is 5.91 Å². The van der Waals surface area contributed by atoms with Crippen LogP contribution in [0.2, 0.25) is 0 Å². The molecule has 4 rings (SSSR count). The minimum Gasteiger partial charge on any atom is -0.475 e. The summed E-state index contributed by atoms with van der Waals surface area (Å²) in [4.78, 5) is 25.9. The third kappa shape index (κ3) is 5.58. The lowest BCUT2D eigenvalue weighted by Crippen LogP contribution is -2.30. The Hall–Kier alpha value is -3.53. The molecule has 2 heterocycles. The molecule has 0 saturated carbocycles. The molecule has 1 aliphatic rings. The molecule has 0 bridgehead atoms. The van der Waals surface area contributed by atoms with Gasteiger partial charge in [0.15, 0.2) is 0 Å². The van der Waals surface area contributed by atoms with Crippen LogP contribution in [0.3, 0.4) is 0 Å². The first kappa shape index (κ1) is 23.1. The van der Waals surface area contributed by atoms with Crippen molar-refractivity contribution in [2.24, 2.45) is 0 Å². The molecule has 6 nitrogen and oxygen atoms in total. The zero-order valence-corrected chi connectivity index (χ0v) is 16.7. The van der Waals surface area contributed by atoms with Crippen LogP contribution in [0, 0.1) is 5.82 Å². The minimum atomic E-state index is -5.08. The van der Waals surface area contributed by atoms with Gasteiger partial charge in [-0.05, 0) is 48.4 Å². The summed E-state index contributed by atoms with van der Waals surface area (Å²) in [5, 5.41) is 14.2. The number of rotatable bonds is 3. The number of hydrogen-bond donors (Lipinski definition) is 3. The highest BCUT2D eigenvalue weighted by atomic mass is 19.4. The average Bonchev–Trinajstić information content (AvgIpc) is 2.77. The van der Waals surface area contributed by atoms with E-state index in [2.05, 4.69) is 15.6 Å². The van der Waals surface area contributed by atoms with Crippen LogP contribution >= 0.6 is 0 Å². The summed E-state index contributed by atoms with van der Waals surface area (Å²) in [5.74, 6) is -3.18. The first-order valence-corrected chi connectivity index (χ1v) is 9.59. The number of benzene rings is 2. The van der Waals surface area contributed by atoms with Crippen LogP contribution in [0.15, 0.2) is 48.7 Å². The SMILES string of the molecule is O=C(NCc1cnc2ccccc2c1)c1ccc(F)c2c1CCNC2.O=C(O)C(F)(F)F. The number of carboxylic acids is 1. The van der Waals surface area contributed by atoms with E-state index in [-0.39, 0.29) is 11.7 Å². The summed E-state index contributed by atoms with van der Waals surface area (Å²) in [6, 6.07) is 12.8. The predicted molar refractivity (Wildman–Crippen MR) is 108 cm³/mol. The van der Waals surface area contributed by atoms with Crippen molar-refractivity contribution in [2.45, 2.75) is 25.7 Å². The van der Waals surface area contributed by atoms with Crippen molar-refractivity contribution in [1.82, 2.24) is 15.6 Å². The van der Waals surface area contributed by atoms with Crippen molar-refractivity contribution in [3.05, 3.63) is 76.7 Å². The van der Waals surface area contributed by atoms with Crippen LogP contribution in [0.4, 0.5) is 17.6 Å². The Labute approximate surface area is 180 Å². The van der Waals surface area contributed by atoms with E-state index in [1.165, 1.54) is 6.07 Å². The number of amides is 1. The highest BCUT2D eigenvalue weighted by Crippen LogP contribution is 2.22. The third-order valence-electron chi connectivity index (χ3n) is 4.81. The molecule has 0 radical (unpaired) electrons. The van der Waals surface area contributed by atoms with E-state index in [1.807, 2.05) is 30.3 Å². The van der Waals surface area contributed by atoms with E-state index in [4.69, 9.17) is 9.90 Å². The van der Waals surface area contributed by atoms with E-state index in [0.29, 0.717) is 30.6 Å². The molecule has 3 N–H and O–H groups in total. The van der Waals surface area contributed by atoms with Gasteiger partial charge in [0.05, 0.1) is 5.52 Å². The summed E-state index contributed by atoms with van der Waals surface area (Å²) < 4.78 is 45.7. The quantitative estimate of drug-likeness (QED) is 0.532. The molecule has 3 aromatic rings. The Balaban J connectivity index is 0.000000360. The van der Waals surface area contributed by atoms with Crippen molar-refractivity contribution in [1.29, 1.82) is 0 Å². The number of alkyl halides is 3. The van der Waals surface area contributed by atoms with Crippen LogP contribution in [-0.2, 0) is 24.3 Å². The molecule has 168 valence electrons. The van der Waals surface area contributed by atoms with Gasteiger partial charge in [-0.1, -0.05) is 18.2 Å². The number of aliphatic carboxylic acids is 1. The van der Waals surface area contributed by atoms with E-state index >= 15 is 0 Å². The maximum Gasteiger partial charge on any atom is 0.490 e. The normalized spacial score (nSPS) is 13.0. The largest absolute Gasteiger partial charge is 0.490 e. The van der Waals surface area contributed by atoms with E-state index < -0.39 is 12.1 Å². The molecule has 1 aromatic heterocycles. The highest BCUT2D eigenvalue weighted by molar-refractivity contribution is 5.96. The second-order valence-corrected chi connectivity index (χ2v) is 7.00. The fraction of sp³-hybridized carbons (Fsp3) is 0.227. The number of carbonyl (C=O) groups is 2. The van der Waals surface area contributed by atoms with Crippen molar-refractivity contribution in [2.75, 3.05) is 6.54 Å². The summed E-state index contributed by atoms with van der Waals surface area (Å²) in [5.41, 5.74) is 3.84. The lowest BCUT2D eigenvalue weighted by Gasteiger charge is -2.20. The number of carboxylic acid groups (broad SMARTS) is 1. The molecule has 0 fully saturated rings. The van der Waals surface area contributed by atoms with Crippen molar-refractivity contribution < 1.29 is 32.3 Å². The lowest BCUT2D eigenvalue weighted by molar-refractivity contribution is -0.192. The third-order valence-corrected chi connectivity index (χ3v) is 4.81. The van der Waals surface area contributed by atoms with Gasteiger partial charge in [-0.15, -0.1) is 0 Å². The number of nitrogens with one attached hydrogen (secondary N) is 2. The van der Waals surface area contributed by atoms with Crippen LogP contribution in [0.1, 0.15) is 27.0 Å². The van der Waals surface area contributed by atoms with E-state index in [0.717, 1.165) is 28.6 Å². The Morgan fingerprint density at radius 1 is 1.12 bits per heavy atom. The zero-order chi connectivity index (χ0) is 23.3. The fourth-order valence-corrected chi connectivity index (χ4v) is 3.27. The smallest absolute Gasteiger partial charge is 0.475 e. The van der Waals surface area contributed by atoms with Crippen molar-refractivity contribution in [3.8, 4) is 0 Å². The number of carbonyl (C=O) groups excluding carboxylic acids is 1. The molecule has 0 unspecified atom stereocenters. The molecule has 2 aromatic carbocycles. The molecule has 0 saturated heterocycles. The number of halogens is 4. The second-order valence-electron chi connectivity index (χ2n) is 7.00. The lowest BCUT2D eigenvalue weighted by atomic mass is 9.94. The Kier molecular flexibility index (Phi) is 7.04. The van der Waals surface area contributed by atoms with Gasteiger partial charge < -0.3 is 15.7 Å².